The zero-order valence-corrected chi connectivity index (χ0v) is 12.7. The van der Waals surface area contributed by atoms with E-state index < -0.39 is 0 Å². The molecular formula is C20H24. The van der Waals surface area contributed by atoms with Gasteiger partial charge in [0.2, 0.25) is 0 Å². The van der Waals surface area contributed by atoms with E-state index in [4.69, 9.17) is 0 Å². The average Bonchev–Trinajstić information content (AvgIpc) is 2.36. The third kappa shape index (κ3) is 3.12. The van der Waals surface area contributed by atoms with Gasteiger partial charge in [-0.25, -0.2) is 0 Å². The zero-order valence-electron chi connectivity index (χ0n) is 12.7. The van der Waals surface area contributed by atoms with Crippen LogP contribution >= 0.6 is 0 Å². The molecule has 104 valence electrons. The van der Waals surface area contributed by atoms with Crippen molar-refractivity contribution < 1.29 is 0 Å². The van der Waals surface area contributed by atoms with Crippen LogP contribution in [0.5, 0.6) is 0 Å². The summed E-state index contributed by atoms with van der Waals surface area (Å²) in [6.45, 7) is 4.39. The number of hydrogen-bond donors (Lipinski definition) is 0. The van der Waals surface area contributed by atoms with Crippen LogP contribution in [-0.2, 0) is 25.7 Å². The van der Waals surface area contributed by atoms with E-state index >= 15 is 0 Å². The molecule has 0 aliphatic heterocycles. The molecule has 3 rings (SSSR count). The third-order valence-corrected chi connectivity index (χ3v) is 4.40. The summed E-state index contributed by atoms with van der Waals surface area (Å²) < 4.78 is 0. The summed E-state index contributed by atoms with van der Waals surface area (Å²) in [5.74, 6) is 0. The van der Waals surface area contributed by atoms with Crippen molar-refractivity contribution in [3.8, 4) is 0 Å². The molecule has 1 aliphatic rings. The lowest BCUT2D eigenvalue weighted by Crippen LogP contribution is -2.08. The van der Waals surface area contributed by atoms with Crippen LogP contribution in [0.3, 0.4) is 0 Å². The normalized spacial score (nSPS) is 12.9. The molecule has 0 bridgehead atoms. The first-order valence-corrected chi connectivity index (χ1v) is 7.88. The second-order valence-electron chi connectivity index (χ2n) is 6.31. The van der Waals surface area contributed by atoms with Gasteiger partial charge in [-0.1, -0.05) is 47.5 Å². The highest BCUT2D eigenvalue weighted by Gasteiger charge is 2.12. The van der Waals surface area contributed by atoms with Crippen LogP contribution in [0.4, 0.5) is 0 Å². The van der Waals surface area contributed by atoms with Gasteiger partial charge < -0.3 is 0 Å². The van der Waals surface area contributed by atoms with E-state index in [1.807, 2.05) is 0 Å². The van der Waals surface area contributed by atoms with Gasteiger partial charge in [0, 0.05) is 0 Å². The van der Waals surface area contributed by atoms with E-state index in [2.05, 4.69) is 50.2 Å². The van der Waals surface area contributed by atoms with Gasteiger partial charge in [-0.2, -0.15) is 0 Å². The standard InChI is InChI=1S/C20H24/c1-15-11-16(2)13-18(12-15)6-4-3-5-17-7-8-19-9-10-20(19)14-17/h7-8,11-14H,3-6,9-10H2,1-2H3. The molecule has 0 nitrogen and oxygen atoms in total. The highest BCUT2D eigenvalue weighted by Crippen LogP contribution is 2.24. The number of aryl methyl sites for hydroxylation is 6. The molecule has 0 saturated carbocycles. The monoisotopic (exact) mass is 264 g/mol. The van der Waals surface area contributed by atoms with Crippen molar-refractivity contribution in [2.75, 3.05) is 0 Å². The number of unbranched alkanes of at least 4 members (excludes halogenated alkanes) is 1. The van der Waals surface area contributed by atoms with Crippen molar-refractivity contribution in [3.63, 3.8) is 0 Å². The first-order chi connectivity index (χ1) is 9.70. The highest BCUT2D eigenvalue weighted by atomic mass is 14.2. The highest BCUT2D eigenvalue weighted by molar-refractivity contribution is 5.38. The molecule has 0 saturated heterocycles. The number of rotatable bonds is 5. The minimum Gasteiger partial charge on any atom is -0.0588 e. The molecule has 20 heavy (non-hydrogen) atoms. The summed E-state index contributed by atoms with van der Waals surface area (Å²) in [6, 6.07) is 14.0. The van der Waals surface area contributed by atoms with E-state index in [-0.39, 0.29) is 0 Å². The predicted octanol–water partition coefficient (Wildman–Crippen LogP) is 4.97. The molecule has 0 radical (unpaired) electrons. The zero-order chi connectivity index (χ0) is 13.9. The predicted molar refractivity (Wildman–Crippen MR) is 86.4 cm³/mol. The van der Waals surface area contributed by atoms with Gasteiger partial charge in [-0.15, -0.1) is 0 Å². The van der Waals surface area contributed by atoms with Gasteiger partial charge in [0.05, 0.1) is 0 Å². The molecule has 0 atom stereocenters. The van der Waals surface area contributed by atoms with Crippen molar-refractivity contribution in [3.05, 3.63) is 69.8 Å². The topological polar surface area (TPSA) is 0 Å². The van der Waals surface area contributed by atoms with Crippen LogP contribution in [0.25, 0.3) is 0 Å². The largest absolute Gasteiger partial charge is 0.0588 e. The summed E-state index contributed by atoms with van der Waals surface area (Å²) in [5.41, 5.74) is 8.98. The molecular weight excluding hydrogens is 240 g/mol. The number of hydrogen-bond acceptors (Lipinski definition) is 0. The molecule has 0 heteroatoms. The lowest BCUT2D eigenvalue weighted by atomic mass is 9.86. The Kier molecular flexibility index (Phi) is 3.91. The summed E-state index contributed by atoms with van der Waals surface area (Å²) in [4.78, 5) is 0. The van der Waals surface area contributed by atoms with Gasteiger partial charge >= 0.3 is 0 Å². The van der Waals surface area contributed by atoms with Crippen LogP contribution < -0.4 is 0 Å². The molecule has 0 amide bonds. The molecule has 0 spiro atoms. The molecule has 2 aromatic rings. The Morgan fingerprint density at radius 3 is 1.95 bits per heavy atom. The lowest BCUT2D eigenvalue weighted by molar-refractivity contribution is 0.729. The fraction of sp³-hybridized carbons (Fsp3) is 0.400. The van der Waals surface area contributed by atoms with Gasteiger partial charge in [-0.3, -0.25) is 0 Å². The second-order valence-corrected chi connectivity index (χ2v) is 6.31. The molecule has 0 aromatic heterocycles. The smallest absolute Gasteiger partial charge is 0.0235 e. The van der Waals surface area contributed by atoms with Gasteiger partial charge in [-0.05, 0) is 74.6 Å². The Hall–Kier alpha value is -1.56. The van der Waals surface area contributed by atoms with Crippen molar-refractivity contribution in [2.45, 2.75) is 52.4 Å². The van der Waals surface area contributed by atoms with E-state index in [0.29, 0.717) is 0 Å². The maximum absolute atomic E-state index is 2.43. The van der Waals surface area contributed by atoms with Gasteiger partial charge in [0.15, 0.2) is 0 Å². The Balaban J connectivity index is 1.49. The van der Waals surface area contributed by atoms with Crippen LogP contribution in [0.1, 0.15) is 46.2 Å². The minimum absolute atomic E-state index is 1.22. The van der Waals surface area contributed by atoms with E-state index in [0.717, 1.165) is 0 Å². The first-order valence-electron chi connectivity index (χ1n) is 7.88. The van der Waals surface area contributed by atoms with Crippen molar-refractivity contribution in [1.82, 2.24) is 0 Å². The molecule has 1 aliphatic carbocycles. The summed E-state index contributed by atoms with van der Waals surface area (Å²) >= 11 is 0. The van der Waals surface area contributed by atoms with Crippen molar-refractivity contribution in [2.24, 2.45) is 0 Å². The molecule has 0 unspecified atom stereocenters. The minimum atomic E-state index is 1.22. The molecule has 0 heterocycles. The van der Waals surface area contributed by atoms with Crippen LogP contribution in [-0.4, -0.2) is 0 Å². The molecule has 0 fully saturated rings. The van der Waals surface area contributed by atoms with E-state index in [9.17, 15) is 0 Å². The summed E-state index contributed by atoms with van der Waals surface area (Å²) in [6.07, 6.45) is 7.63. The van der Waals surface area contributed by atoms with Gasteiger partial charge in [0.25, 0.3) is 0 Å². The third-order valence-electron chi connectivity index (χ3n) is 4.40. The first kappa shape index (κ1) is 13.4. The quantitative estimate of drug-likeness (QED) is 0.669. The second kappa shape index (κ2) is 5.83. The summed E-state index contributed by atoms with van der Waals surface area (Å²) in [5, 5.41) is 0. The Morgan fingerprint density at radius 2 is 1.35 bits per heavy atom. The van der Waals surface area contributed by atoms with Crippen LogP contribution in [0, 0.1) is 13.8 Å². The van der Waals surface area contributed by atoms with Crippen molar-refractivity contribution in [1.29, 1.82) is 0 Å². The van der Waals surface area contributed by atoms with Crippen LogP contribution in [0.2, 0.25) is 0 Å². The summed E-state index contributed by atoms with van der Waals surface area (Å²) in [7, 11) is 0. The fourth-order valence-corrected chi connectivity index (χ4v) is 3.28. The maximum Gasteiger partial charge on any atom is -0.0235 e. The van der Waals surface area contributed by atoms with E-state index in [1.165, 1.54) is 60.8 Å². The number of benzene rings is 2. The van der Waals surface area contributed by atoms with Crippen molar-refractivity contribution >= 4 is 0 Å². The Morgan fingerprint density at radius 1 is 0.700 bits per heavy atom. The number of fused-ring (bicyclic) bond motifs is 1. The molecule has 2 aromatic carbocycles. The average molecular weight is 264 g/mol. The maximum atomic E-state index is 2.43. The SMILES string of the molecule is Cc1cc(C)cc(CCCCc2ccc3c(c2)CC3)c1. The lowest BCUT2D eigenvalue weighted by Gasteiger charge is -2.19. The van der Waals surface area contributed by atoms with Crippen LogP contribution in [0.15, 0.2) is 36.4 Å². The Bertz CT molecular complexity index is 587. The molecule has 0 N–H and O–H groups in total. The van der Waals surface area contributed by atoms with Gasteiger partial charge in [0.1, 0.15) is 0 Å². The Labute approximate surface area is 122 Å². The van der Waals surface area contributed by atoms with E-state index in [1.54, 1.807) is 11.1 Å². The fourth-order valence-electron chi connectivity index (χ4n) is 3.28.